The molecule has 3 rings (SSSR count). The van der Waals surface area contributed by atoms with E-state index in [9.17, 15) is 14.7 Å². The van der Waals surface area contributed by atoms with Gasteiger partial charge in [-0.1, -0.05) is 6.07 Å². The number of aromatic nitrogens is 2. The SMILES string of the molecule is Cc1cc(C)cc(-n2nc(C(=O)NC3(C(=O)O)CCSCC3)cc2C)c1. The number of rotatable bonds is 4. The summed E-state index contributed by atoms with van der Waals surface area (Å²) in [5.41, 5.74) is 2.99. The Kier molecular flexibility index (Phi) is 5.09. The molecule has 0 unspecified atom stereocenters. The molecule has 0 spiro atoms. The fraction of sp³-hybridized carbons (Fsp3) is 0.421. The average Bonchev–Trinajstić information content (AvgIpc) is 2.97. The summed E-state index contributed by atoms with van der Waals surface area (Å²) in [5.74, 6) is 0.0350. The number of benzene rings is 1. The van der Waals surface area contributed by atoms with Gasteiger partial charge in [0.15, 0.2) is 5.69 Å². The Morgan fingerprint density at radius 2 is 1.73 bits per heavy atom. The van der Waals surface area contributed by atoms with Gasteiger partial charge in [0.2, 0.25) is 0 Å². The number of hydrogen-bond donors (Lipinski definition) is 2. The first-order chi connectivity index (χ1) is 12.3. The van der Waals surface area contributed by atoms with Gasteiger partial charge in [-0.15, -0.1) is 0 Å². The van der Waals surface area contributed by atoms with Gasteiger partial charge in [0.25, 0.3) is 5.91 Å². The molecule has 0 bridgehead atoms. The molecule has 0 atom stereocenters. The van der Waals surface area contributed by atoms with Crippen LogP contribution in [0.2, 0.25) is 0 Å². The Bertz CT molecular complexity index is 833. The van der Waals surface area contributed by atoms with E-state index in [0.29, 0.717) is 12.8 Å². The highest BCUT2D eigenvalue weighted by Crippen LogP contribution is 2.28. The number of amides is 1. The fourth-order valence-corrected chi connectivity index (χ4v) is 4.50. The summed E-state index contributed by atoms with van der Waals surface area (Å²) < 4.78 is 1.72. The van der Waals surface area contributed by atoms with Crippen molar-refractivity contribution in [1.82, 2.24) is 15.1 Å². The number of thioether (sulfide) groups is 1. The molecule has 7 heteroatoms. The number of nitrogens with one attached hydrogen (secondary N) is 1. The predicted molar refractivity (Wildman–Crippen MR) is 102 cm³/mol. The molecular formula is C19H23N3O3S. The third-order valence-corrected chi connectivity index (χ3v) is 5.67. The minimum atomic E-state index is -1.19. The summed E-state index contributed by atoms with van der Waals surface area (Å²) in [6.07, 6.45) is 0.852. The molecule has 6 nitrogen and oxygen atoms in total. The van der Waals surface area contributed by atoms with Crippen molar-refractivity contribution in [3.05, 3.63) is 46.8 Å². The zero-order valence-electron chi connectivity index (χ0n) is 15.2. The van der Waals surface area contributed by atoms with Crippen LogP contribution in [0.25, 0.3) is 5.69 Å². The lowest BCUT2D eigenvalue weighted by Crippen LogP contribution is -2.56. The van der Waals surface area contributed by atoms with Crippen molar-refractivity contribution in [2.75, 3.05) is 11.5 Å². The van der Waals surface area contributed by atoms with Gasteiger partial charge in [-0.3, -0.25) is 4.79 Å². The zero-order valence-corrected chi connectivity index (χ0v) is 16.0. The van der Waals surface area contributed by atoms with E-state index < -0.39 is 17.4 Å². The van der Waals surface area contributed by atoms with E-state index in [1.807, 2.05) is 32.9 Å². The van der Waals surface area contributed by atoms with Crippen LogP contribution in [-0.2, 0) is 4.79 Å². The Morgan fingerprint density at radius 1 is 1.12 bits per heavy atom. The number of carboxylic acid groups (broad SMARTS) is 1. The largest absolute Gasteiger partial charge is 0.480 e. The average molecular weight is 373 g/mol. The highest BCUT2D eigenvalue weighted by atomic mass is 32.2. The molecule has 1 saturated heterocycles. The number of carbonyl (C=O) groups excluding carboxylic acids is 1. The highest BCUT2D eigenvalue weighted by molar-refractivity contribution is 7.99. The van der Waals surface area contributed by atoms with Gasteiger partial charge >= 0.3 is 5.97 Å². The topological polar surface area (TPSA) is 84.2 Å². The van der Waals surface area contributed by atoms with Crippen LogP contribution in [0.15, 0.2) is 24.3 Å². The molecule has 0 saturated carbocycles. The van der Waals surface area contributed by atoms with E-state index in [0.717, 1.165) is 34.0 Å². The summed E-state index contributed by atoms with van der Waals surface area (Å²) in [6.45, 7) is 5.91. The quantitative estimate of drug-likeness (QED) is 0.861. The molecule has 138 valence electrons. The summed E-state index contributed by atoms with van der Waals surface area (Å²) in [6, 6.07) is 7.78. The third kappa shape index (κ3) is 3.62. The van der Waals surface area contributed by atoms with Crippen molar-refractivity contribution in [2.45, 2.75) is 39.2 Å². The fourth-order valence-electron chi connectivity index (χ4n) is 3.31. The van der Waals surface area contributed by atoms with E-state index >= 15 is 0 Å². The summed E-state index contributed by atoms with van der Waals surface area (Å²) in [5, 5.41) is 16.8. The van der Waals surface area contributed by atoms with Crippen LogP contribution >= 0.6 is 11.8 Å². The number of aliphatic carboxylic acids is 1. The first kappa shape index (κ1) is 18.5. The minimum absolute atomic E-state index is 0.237. The van der Waals surface area contributed by atoms with Crippen LogP contribution < -0.4 is 5.32 Å². The van der Waals surface area contributed by atoms with Crippen LogP contribution in [0.5, 0.6) is 0 Å². The number of carboxylic acids is 1. The number of nitrogens with zero attached hydrogens (tertiary/aromatic N) is 2. The maximum atomic E-state index is 12.7. The van der Waals surface area contributed by atoms with Crippen molar-refractivity contribution in [3.8, 4) is 5.69 Å². The molecule has 1 fully saturated rings. The van der Waals surface area contributed by atoms with Gasteiger partial charge in [-0.25, -0.2) is 9.48 Å². The van der Waals surface area contributed by atoms with Gasteiger partial charge in [0.05, 0.1) is 5.69 Å². The number of aryl methyl sites for hydroxylation is 3. The van der Waals surface area contributed by atoms with Gasteiger partial charge in [0.1, 0.15) is 5.54 Å². The van der Waals surface area contributed by atoms with E-state index in [-0.39, 0.29) is 5.69 Å². The van der Waals surface area contributed by atoms with Crippen LogP contribution in [0.4, 0.5) is 0 Å². The van der Waals surface area contributed by atoms with E-state index in [2.05, 4.69) is 16.5 Å². The number of hydrogen-bond acceptors (Lipinski definition) is 4. The van der Waals surface area contributed by atoms with Gasteiger partial charge in [0, 0.05) is 5.69 Å². The second-order valence-corrected chi connectivity index (χ2v) is 8.11. The lowest BCUT2D eigenvalue weighted by molar-refractivity contribution is -0.144. The lowest BCUT2D eigenvalue weighted by Gasteiger charge is -2.33. The molecule has 0 radical (unpaired) electrons. The van der Waals surface area contributed by atoms with Crippen molar-refractivity contribution < 1.29 is 14.7 Å². The molecule has 1 aliphatic heterocycles. The van der Waals surface area contributed by atoms with Crippen molar-refractivity contribution >= 4 is 23.6 Å². The Balaban J connectivity index is 1.88. The van der Waals surface area contributed by atoms with Gasteiger partial charge in [-0.05, 0) is 74.4 Å². The Labute approximate surface area is 157 Å². The van der Waals surface area contributed by atoms with Crippen molar-refractivity contribution in [2.24, 2.45) is 0 Å². The lowest BCUT2D eigenvalue weighted by atomic mass is 9.92. The number of carbonyl (C=O) groups is 2. The molecule has 1 aromatic heterocycles. The van der Waals surface area contributed by atoms with Crippen LogP contribution in [0.1, 0.15) is 40.2 Å². The molecule has 1 aliphatic rings. The second-order valence-electron chi connectivity index (χ2n) is 6.88. The molecule has 26 heavy (non-hydrogen) atoms. The van der Waals surface area contributed by atoms with E-state index in [1.165, 1.54) is 0 Å². The second kappa shape index (κ2) is 7.15. The summed E-state index contributed by atoms with van der Waals surface area (Å²) in [7, 11) is 0. The van der Waals surface area contributed by atoms with Crippen LogP contribution in [0, 0.1) is 20.8 Å². The first-order valence-electron chi connectivity index (χ1n) is 8.60. The maximum Gasteiger partial charge on any atom is 0.329 e. The smallest absolute Gasteiger partial charge is 0.329 e. The molecular weight excluding hydrogens is 350 g/mol. The monoisotopic (exact) mass is 373 g/mol. The summed E-state index contributed by atoms with van der Waals surface area (Å²) in [4.78, 5) is 24.5. The normalized spacial score (nSPS) is 16.3. The van der Waals surface area contributed by atoms with E-state index in [4.69, 9.17) is 0 Å². The molecule has 2 heterocycles. The first-order valence-corrected chi connectivity index (χ1v) is 9.75. The molecule has 1 aromatic carbocycles. The highest BCUT2D eigenvalue weighted by Gasteiger charge is 2.41. The Hall–Kier alpha value is -2.28. The zero-order chi connectivity index (χ0) is 18.9. The van der Waals surface area contributed by atoms with E-state index in [1.54, 1.807) is 22.5 Å². The van der Waals surface area contributed by atoms with Gasteiger partial charge in [-0.2, -0.15) is 16.9 Å². The minimum Gasteiger partial charge on any atom is -0.480 e. The van der Waals surface area contributed by atoms with Crippen molar-refractivity contribution in [1.29, 1.82) is 0 Å². The maximum absolute atomic E-state index is 12.7. The Morgan fingerprint density at radius 3 is 2.31 bits per heavy atom. The van der Waals surface area contributed by atoms with Crippen molar-refractivity contribution in [3.63, 3.8) is 0 Å². The van der Waals surface area contributed by atoms with Crippen LogP contribution in [0.3, 0.4) is 0 Å². The third-order valence-electron chi connectivity index (χ3n) is 4.68. The molecule has 2 N–H and O–H groups in total. The molecule has 1 amide bonds. The summed E-state index contributed by atoms with van der Waals surface area (Å²) >= 11 is 1.71. The standard InChI is InChI=1S/C19H23N3O3S/c1-12-8-13(2)10-15(9-12)22-14(3)11-16(21-22)17(23)20-19(18(24)25)4-6-26-7-5-19/h8-11H,4-7H2,1-3H3,(H,20,23)(H,24,25). The molecule has 0 aliphatic carbocycles. The van der Waals surface area contributed by atoms with Crippen LogP contribution in [-0.4, -0.2) is 43.8 Å². The molecule has 2 aromatic rings. The predicted octanol–water partition coefficient (Wildman–Crippen LogP) is 2.88. The van der Waals surface area contributed by atoms with Gasteiger partial charge < -0.3 is 10.4 Å².